The normalized spacial score (nSPS) is 11.5. The first-order chi connectivity index (χ1) is 17.5. The van der Waals surface area contributed by atoms with E-state index in [1.165, 1.54) is 0 Å². The number of hydrogen-bond donors (Lipinski definition) is 0. The summed E-state index contributed by atoms with van der Waals surface area (Å²) < 4.78 is 17.0. The quantitative estimate of drug-likeness (QED) is 0.200. The molecular weight excluding hydrogens is 450 g/mol. The molecule has 0 amide bonds. The highest BCUT2D eigenvalue weighted by Crippen LogP contribution is 2.26. The van der Waals surface area contributed by atoms with Crippen molar-refractivity contribution in [2.24, 2.45) is 4.99 Å². The fraction of sp³-hybridized carbons (Fsp3) is 0.0968. The van der Waals surface area contributed by atoms with Crippen LogP contribution in [0, 0.1) is 13.8 Å². The Balaban J connectivity index is 1.49. The van der Waals surface area contributed by atoms with Crippen molar-refractivity contribution >= 4 is 22.6 Å². The maximum atomic E-state index is 12.4. The fourth-order valence-electron chi connectivity index (χ4n) is 3.86. The number of methoxy groups -OCH3 is 1. The van der Waals surface area contributed by atoms with Gasteiger partial charge in [-0.25, -0.2) is 9.79 Å². The van der Waals surface area contributed by atoms with Gasteiger partial charge < -0.3 is 13.9 Å². The number of rotatable bonds is 5. The molecule has 178 valence electrons. The number of carbonyl (C=O) groups excluding carboxylic acids is 1. The molecule has 5 aromatic rings. The standard InChI is InChI=1S/C31H25NO4/c1-20-4-7-23(8-5-20)31(33)35-26-15-11-24(12-16-26)32-28-19-30(22-9-13-25(34-3)14-10-22)36-29-17-6-21(2)18-27(28)29/h4-19H,1-3H3. The largest absolute Gasteiger partial charge is 0.497 e. The Kier molecular flexibility index (Phi) is 6.37. The lowest BCUT2D eigenvalue weighted by molar-refractivity contribution is 0.0734. The van der Waals surface area contributed by atoms with E-state index in [0.717, 1.165) is 44.5 Å². The predicted molar refractivity (Wildman–Crippen MR) is 141 cm³/mol. The first-order valence-electron chi connectivity index (χ1n) is 11.6. The van der Waals surface area contributed by atoms with Crippen LogP contribution < -0.4 is 14.8 Å². The summed E-state index contributed by atoms with van der Waals surface area (Å²) in [7, 11) is 1.64. The molecule has 5 rings (SSSR count). The second-order valence-electron chi connectivity index (χ2n) is 8.59. The van der Waals surface area contributed by atoms with Gasteiger partial charge in [-0.15, -0.1) is 0 Å². The van der Waals surface area contributed by atoms with Crippen molar-refractivity contribution in [3.63, 3.8) is 0 Å². The number of hydrogen-bond acceptors (Lipinski definition) is 5. The molecule has 0 aliphatic rings. The first-order valence-corrected chi connectivity index (χ1v) is 11.6. The number of aryl methyl sites for hydroxylation is 2. The fourth-order valence-corrected chi connectivity index (χ4v) is 3.86. The van der Waals surface area contributed by atoms with E-state index in [-0.39, 0.29) is 0 Å². The smallest absolute Gasteiger partial charge is 0.343 e. The highest BCUT2D eigenvalue weighted by Gasteiger charge is 2.09. The molecule has 0 saturated carbocycles. The molecule has 0 aliphatic carbocycles. The summed E-state index contributed by atoms with van der Waals surface area (Å²) in [5.41, 5.74) is 5.12. The van der Waals surface area contributed by atoms with Gasteiger partial charge in [0.25, 0.3) is 0 Å². The van der Waals surface area contributed by atoms with E-state index in [4.69, 9.17) is 18.9 Å². The SMILES string of the molecule is COc1ccc(-c2cc(=Nc3ccc(OC(=O)c4ccc(C)cc4)cc3)c3cc(C)ccc3o2)cc1. The molecule has 5 heteroatoms. The number of ether oxygens (including phenoxy) is 2. The van der Waals surface area contributed by atoms with Gasteiger partial charge >= 0.3 is 5.97 Å². The van der Waals surface area contributed by atoms with Gasteiger partial charge in [0, 0.05) is 17.0 Å². The molecule has 0 fully saturated rings. The Morgan fingerprint density at radius 1 is 0.750 bits per heavy atom. The van der Waals surface area contributed by atoms with E-state index >= 15 is 0 Å². The molecule has 5 nitrogen and oxygen atoms in total. The molecule has 4 aromatic carbocycles. The summed E-state index contributed by atoms with van der Waals surface area (Å²) in [5.74, 6) is 1.55. The molecule has 0 radical (unpaired) electrons. The molecule has 1 aromatic heterocycles. The lowest BCUT2D eigenvalue weighted by Gasteiger charge is -2.07. The van der Waals surface area contributed by atoms with Gasteiger partial charge in [-0.3, -0.25) is 0 Å². The van der Waals surface area contributed by atoms with Crippen molar-refractivity contribution in [1.82, 2.24) is 0 Å². The molecular formula is C31H25NO4. The second kappa shape index (κ2) is 9.92. The minimum absolute atomic E-state index is 0.394. The van der Waals surface area contributed by atoms with Crippen LogP contribution >= 0.6 is 0 Å². The summed E-state index contributed by atoms with van der Waals surface area (Å²) in [6.07, 6.45) is 0. The van der Waals surface area contributed by atoms with Crippen LogP contribution in [0.15, 0.2) is 106 Å². The molecule has 0 bridgehead atoms. The van der Waals surface area contributed by atoms with E-state index in [1.54, 1.807) is 31.4 Å². The number of nitrogens with zero attached hydrogens (tertiary/aromatic N) is 1. The first kappa shape index (κ1) is 23.1. The van der Waals surface area contributed by atoms with Crippen LogP contribution in [0.3, 0.4) is 0 Å². The molecule has 0 atom stereocenters. The monoisotopic (exact) mass is 475 g/mol. The minimum Gasteiger partial charge on any atom is -0.497 e. The number of benzene rings is 4. The van der Waals surface area contributed by atoms with E-state index in [0.29, 0.717) is 17.1 Å². The topological polar surface area (TPSA) is 61.0 Å². The molecule has 0 aliphatic heterocycles. The second-order valence-corrected chi connectivity index (χ2v) is 8.59. The van der Waals surface area contributed by atoms with E-state index < -0.39 is 5.97 Å². The predicted octanol–water partition coefficient (Wildman–Crippen LogP) is 7.18. The maximum Gasteiger partial charge on any atom is 0.343 e. The summed E-state index contributed by atoms with van der Waals surface area (Å²) in [6, 6.07) is 30.1. The highest BCUT2D eigenvalue weighted by atomic mass is 16.5. The van der Waals surface area contributed by atoms with Gasteiger partial charge in [0.1, 0.15) is 22.8 Å². The number of fused-ring (bicyclic) bond motifs is 1. The molecule has 36 heavy (non-hydrogen) atoms. The van der Waals surface area contributed by atoms with Crippen molar-refractivity contribution in [3.8, 4) is 22.8 Å². The summed E-state index contributed by atoms with van der Waals surface area (Å²) in [6.45, 7) is 4.01. The van der Waals surface area contributed by atoms with Gasteiger partial charge in [-0.2, -0.15) is 0 Å². The van der Waals surface area contributed by atoms with E-state index in [2.05, 4.69) is 6.07 Å². The van der Waals surface area contributed by atoms with E-state index in [9.17, 15) is 4.79 Å². The van der Waals surface area contributed by atoms with Crippen LogP contribution in [0.1, 0.15) is 21.5 Å². The Morgan fingerprint density at radius 3 is 2.11 bits per heavy atom. The third-order valence-corrected chi connectivity index (χ3v) is 5.86. The molecule has 1 heterocycles. The minimum atomic E-state index is -0.394. The summed E-state index contributed by atoms with van der Waals surface area (Å²) in [4.78, 5) is 17.3. The Bertz CT molecular complexity index is 1600. The van der Waals surface area contributed by atoms with Crippen molar-refractivity contribution in [1.29, 1.82) is 0 Å². The van der Waals surface area contributed by atoms with E-state index in [1.807, 2.05) is 80.6 Å². The van der Waals surface area contributed by atoms with Crippen LogP contribution in [0.25, 0.3) is 22.3 Å². The average Bonchev–Trinajstić information content (AvgIpc) is 2.90. The Labute approximate surface area is 209 Å². The Hall–Kier alpha value is -4.64. The maximum absolute atomic E-state index is 12.4. The highest BCUT2D eigenvalue weighted by molar-refractivity contribution is 5.91. The van der Waals surface area contributed by atoms with Gasteiger partial charge in [-0.05, 0) is 86.6 Å². The third kappa shape index (κ3) is 5.05. The number of carbonyl (C=O) groups is 1. The molecule has 0 spiro atoms. The van der Waals surface area contributed by atoms with Gasteiger partial charge in [0.15, 0.2) is 0 Å². The van der Waals surface area contributed by atoms with Crippen LogP contribution in [-0.4, -0.2) is 13.1 Å². The summed E-state index contributed by atoms with van der Waals surface area (Å²) >= 11 is 0. The average molecular weight is 476 g/mol. The Morgan fingerprint density at radius 2 is 1.42 bits per heavy atom. The molecule has 0 saturated heterocycles. The van der Waals surface area contributed by atoms with Gasteiger partial charge in [0.2, 0.25) is 0 Å². The number of esters is 1. The molecule has 0 unspecified atom stereocenters. The zero-order valence-corrected chi connectivity index (χ0v) is 20.3. The zero-order chi connectivity index (χ0) is 25.1. The van der Waals surface area contributed by atoms with Crippen molar-refractivity contribution in [3.05, 3.63) is 119 Å². The van der Waals surface area contributed by atoms with Crippen LogP contribution in [0.4, 0.5) is 5.69 Å². The lowest BCUT2D eigenvalue weighted by Crippen LogP contribution is -2.08. The van der Waals surface area contributed by atoms with Crippen molar-refractivity contribution < 1.29 is 18.7 Å². The molecule has 0 N–H and O–H groups in total. The van der Waals surface area contributed by atoms with Crippen LogP contribution in [0.5, 0.6) is 11.5 Å². The van der Waals surface area contributed by atoms with Crippen molar-refractivity contribution in [2.45, 2.75) is 13.8 Å². The van der Waals surface area contributed by atoms with Gasteiger partial charge in [-0.1, -0.05) is 29.3 Å². The summed E-state index contributed by atoms with van der Waals surface area (Å²) in [5, 5.41) is 1.71. The lowest BCUT2D eigenvalue weighted by atomic mass is 10.1. The van der Waals surface area contributed by atoms with Gasteiger partial charge in [0.05, 0.1) is 23.7 Å². The van der Waals surface area contributed by atoms with Crippen LogP contribution in [0.2, 0.25) is 0 Å². The zero-order valence-electron chi connectivity index (χ0n) is 20.3. The third-order valence-electron chi connectivity index (χ3n) is 5.86. The van der Waals surface area contributed by atoms with Crippen molar-refractivity contribution in [2.75, 3.05) is 7.11 Å². The van der Waals surface area contributed by atoms with Crippen LogP contribution in [-0.2, 0) is 0 Å².